The number of benzene rings is 1. The molecule has 138 valence electrons. The van der Waals surface area contributed by atoms with E-state index in [1.54, 1.807) is 34.1 Å². The van der Waals surface area contributed by atoms with Gasteiger partial charge in [-0.25, -0.2) is 4.79 Å². The van der Waals surface area contributed by atoms with Crippen molar-refractivity contribution >= 4 is 34.4 Å². The number of pyridine rings is 1. The number of aromatic carboxylic acids is 1. The lowest BCUT2D eigenvalue weighted by Gasteiger charge is -2.32. The molecule has 1 amide bonds. The van der Waals surface area contributed by atoms with E-state index in [0.29, 0.717) is 42.0 Å². The summed E-state index contributed by atoms with van der Waals surface area (Å²) in [5.74, 6) is -1.08. The maximum atomic E-state index is 13.0. The van der Waals surface area contributed by atoms with Crippen molar-refractivity contribution in [2.75, 3.05) is 13.1 Å². The minimum atomic E-state index is -0.991. The summed E-state index contributed by atoms with van der Waals surface area (Å²) < 4.78 is 1.68. The Morgan fingerprint density at radius 2 is 2.00 bits per heavy atom. The van der Waals surface area contributed by atoms with Crippen molar-refractivity contribution in [1.82, 2.24) is 19.7 Å². The SMILES string of the molecule is O=C(O)c1cnn(C2CCN(C(=O)c3cc(Cl)cc4cccnc34)CC2)c1. The molecule has 0 aliphatic carbocycles. The number of carbonyl (C=O) groups is 2. The van der Waals surface area contributed by atoms with Gasteiger partial charge in [-0.05, 0) is 31.0 Å². The zero-order chi connectivity index (χ0) is 19.0. The van der Waals surface area contributed by atoms with E-state index in [4.69, 9.17) is 16.7 Å². The summed E-state index contributed by atoms with van der Waals surface area (Å²) >= 11 is 6.18. The highest BCUT2D eigenvalue weighted by Gasteiger charge is 2.27. The van der Waals surface area contributed by atoms with Gasteiger partial charge in [-0.1, -0.05) is 17.7 Å². The molecule has 8 heteroatoms. The monoisotopic (exact) mass is 384 g/mol. The molecule has 1 aliphatic heterocycles. The van der Waals surface area contributed by atoms with Crippen LogP contribution in [0, 0.1) is 0 Å². The van der Waals surface area contributed by atoms with Crippen LogP contribution in [0.1, 0.15) is 39.6 Å². The average molecular weight is 385 g/mol. The molecule has 1 aromatic carbocycles. The fourth-order valence-electron chi connectivity index (χ4n) is 3.47. The molecular formula is C19H17ClN4O3. The van der Waals surface area contributed by atoms with Crippen LogP contribution in [0.25, 0.3) is 10.9 Å². The molecule has 0 atom stereocenters. The van der Waals surface area contributed by atoms with E-state index in [0.717, 1.165) is 5.39 Å². The number of piperidine rings is 1. The quantitative estimate of drug-likeness (QED) is 0.748. The number of hydrogen-bond acceptors (Lipinski definition) is 4. The second-order valence-corrected chi connectivity index (χ2v) is 7.00. The van der Waals surface area contributed by atoms with Gasteiger partial charge in [-0.15, -0.1) is 0 Å². The van der Waals surface area contributed by atoms with Crippen molar-refractivity contribution < 1.29 is 14.7 Å². The number of rotatable bonds is 3. The lowest BCUT2D eigenvalue weighted by atomic mass is 10.0. The number of likely N-dealkylation sites (tertiary alicyclic amines) is 1. The third-order valence-corrected chi connectivity index (χ3v) is 5.09. The number of amides is 1. The summed E-state index contributed by atoms with van der Waals surface area (Å²) in [4.78, 5) is 30.2. The van der Waals surface area contributed by atoms with E-state index in [2.05, 4.69) is 10.1 Å². The molecule has 1 saturated heterocycles. The van der Waals surface area contributed by atoms with Gasteiger partial charge in [-0.3, -0.25) is 14.5 Å². The Balaban J connectivity index is 1.51. The van der Waals surface area contributed by atoms with Gasteiger partial charge in [0.1, 0.15) is 0 Å². The largest absolute Gasteiger partial charge is 0.478 e. The Hall–Kier alpha value is -2.93. The van der Waals surface area contributed by atoms with E-state index >= 15 is 0 Å². The number of fused-ring (bicyclic) bond motifs is 1. The number of nitrogens with zero attached hydrogens (tertiary/aromatic N) is 4. The normalized spacial score (nSPS) is 15.2. The molecule has 2 aromatic heterocycles. The van der Waals surface area contributed by atoms with Crippen LogP contribution in [0.4, 0.5) is 0 Å². The van der Waals surface area contributed by atoms with Crippen LogP contribution in [0.5, 0.6) is 0 Å². The molecule has 1 aliphatic rings. The van der Waals surface area contributed by atoms with Crippen molar-refractivity contribution in [3.63, 3.8) is 0 Å². The number of halogens is 1. The van der Waals surface area contributed by atoms with Crippen molar-refractivity contribution in [2.45, 2.75) is 18.9 Å². The van der Waals surface area contributed by atoms with Crippen LogP contribution in [0.15, 0.2) is 42.9 Å². The van der Waals surface area contributed by atoms with Gasteiger partial charge in [0, 0.05) is 35.9 Å². The molecular weight excluding hydrogens is 368 g/mol. The van der Waals surface area contributed by atoms with Gasteiger partial charge in [0.15, 0.2) is 0 Å². The zero-order valence-electron chi connectivity index (χ0n) is 14.4. The van der Waals surface area contributed by atoms with Crippen LogP contribution in [0.3, 0.4) is 0 Å². The number of carboxylic acid groups (broad SMARTS) is 1. The predicted octanol–water partition coefficient (Wildman–Crippen LogP) is 3.26. The molecule has 1 fully saturated rings. The van der Waals surface area contributed by atoms with E-state index < -0.39 is 5.97 Å². The molecule has 0 radical (unpaired) electrons. The van der Waals surface area contributed by atoms with E-state index in [1.807, 2.05) is 12.1 Å². The van der Waals surface area contributed by atoms with Gasteiger partial charge < -0.3 is 10.0 Å². The number of aromatic nitrogens is 3. The summed E-state index contributed by atoms with van der Waals surface area (Å²) in [7, 11) is 0. The Labute approximate surface area is 160 Å². The van der Waals surface area contributed by atoms with Crippen LogP contribution in [-0.2, 0) is 0 Å². The fraction of sp³-hybridized carbons (Fsp3) is 0.263. The molecule has 0 saturated carbocycles. The molecule has 3 aromatic rings. The summed E-state index contributed by atoms with van der Waals surface area (Å²) in [5.41, 5.74) is 1.32. The first-order chi connectivity index (χ1) is 13.0. The number of carboxylic acids is 1. The van der Waals surface area contributed by atoms with Gasteiger partial charge in [0.25, 0.3) is 5.91 Å². The van der Waals surface area contributed by atoms with Gasteiger partial charge >= 0.3 is 5.97 Å². The van der Waals surface area contributed by atoms with Crippen LogP contribution >= 0.6 is 11.6 Å². The van der Waals surface area contributed by atoms with Crippen molar-refractivity contribution in [2.24, 2.45) is 0 Å². The summed E-state index contributed by atoms with van der Waals surface area (Å²) in [5, 5.41) is 14.5. The maximum Gasteiger partial charge on any atom is 0.338 e. The molecule has 3 heterocycles. The van der Waals surface area contributed by atoms with E-state index in [9.17, 15) is 9.59 Å². The second kappa shape index (κ2) is 7.00. The average Bonchev–Trinajstić information content (AvgIpc) is 3.17. The lowest BCUT2D eigenvalue weighted by Crippen LogP contribution is -2.39. The first-order valence-electron chi connectivity index (χ1n) is 8.64. The van der Waals surface area contributed by atoms with E-state index in [1.165, 1.54) is 6.20 Å². The predicted molar refractivity (Wildman–Crippen MR) is 100 cm³/mol. The molecule has 0 bridgehead atoms. The Morgan fingerprint density at radius 1 is 1.22 bits per heavy atom. The minimum Gasteiger partial charge on any atom is -0.478 e. The van der Waals surface area contributed by atoms with Crippen LogP contribution in [0.2, 0.25) is 5.02 Å². The van der Waals surface area contributed by atoms with Gasteiger partial charge in [-0.2, -0.15) is 5.10 Å². The minimum absolute atomic E-state index is 0.0800. The van der Waals surface area contributed by atoms with Gasteiger partial charge in [0.2, 0.25) is 0 Å². The lowest BCUT2D eigenvalue weighted by molar-refractivity contribution is 0.0689. The van der Waals surface area contributed by atoms with E-state index in [-0.39, 0.29) is 17.5 Å². The second-order valence-electron chi connectivity index (χ2n) is 6.57. The number of hydrogen-bond donors (Lipinski definition) is 1. The van der Waals surface area contributed by atoms with Crippen LogP contribution < -0.4 is 0 Å². The maximum absolute atomic E-state index is 13.0. The highest BCUT2D eigenvalue weighted by molar-refractivity contribution is 6.32. The molecule has 1 N–H and O–H groups in total. The zero-order valence-corrected chi connectivity index (χ0v) is 15.1. The highest BCUT2D eigenvalue weighted by atomic mass is 35.5. The van der Waals surface area contributed by atoms with Gasteiger partial charge in [0.05, 0.1) is 28.9 Å². The molecule has 0 spiro atoms. The Bertz CT molecular complexity index is 1020. The fourth-order valence-corrected chi connectivity index (χ4v) is 3.70. The molecule has 0 unspecified atom stereocenters. The van der Waals surface area contributed by atoms with Crippen molar-refractivity contribution in [1.29, 1.82) is 0 Å². The third kappa shape index (κ3) is 3.38. The van der Waals surface area contributed by atoms with Crippen molar-refractivity contribution in [3.05, 3.63) is 59.0 Å². The summed E-state index contributed by atoms with van der Waals surface area (Å²) in [6.45, 7) is 1.12. The summed E-state index contributed by atoms with van der Waals surface area (Å²) in [6.07, 6.45) is 5.97. The Morgan fingerprint density at radius 3 is 2.70 bits per heavy atom. The Kier molecular flexibility index (Phi) is 4.53. The smallest absolute Gasteiger partial charge is 0.338 e. The van der Waals surface area contributed by atoms with Crippen LogP contribution in [-0.4, -0.2) is 49.7 Å². The third-order valence-electron chi connectivity index (χ3n) is 4.87. The molecule has 7 nitrogen and oxygen atoms in total. The topological polar surface area (TPSA) is 88.3 Å². The summed E-state index contributed by atoms with van der Waals surface area (Å²) in [6, 6.07) is 7.24. The first-order valence-corrected chi connectivity index (χ1v) is 9.02. The standard InChI is InChI=1S/C19H17ClN4O3/c20-14-8-12-2-1-5-21-17(12)16(9-14)18(25)23-6-3-15(4-7-23)24-11-13(10-22-24)19(26)27/h1-2,5,8-11,15H,3-4,6-7H2,(H,26,27). The first kappa shape index (κ1) is 17.5. The van der Waals surface area contributed by atoms with Crippen molar-refractivity contribution in [3.8, 4) is 0 Å². The molecule has 27 heavy (non-hydrogen) atoms. The highest BCUT2D eigenvalue weighted by Crippen LogP contribution is 2.27. The number of carbonyl (C=O) groups excluding carboxylic acids is 1. The molecule has 4 rings (SSSR count).